The molecule has 1 aromatic heterocycles. The number of alkyl halides is 3. The molecule has 0 bridgehead atoms. The Balaban J connectivity index is 2.48. The Bertz CT molecular complexity index is 349. The molecular weight excluding hydrogens is 243 g/mol. The molecule has 0 aliphatic heterocycles. The van der Waals surface area contributed by atoms with Gasteiger partial charge in [0.1, 0.15) is 0 Å². The highest BCUT2D eigenvalue weighted by molar-refractivity contribution is 5.34. The minimum absolute atomic E-state index is 0.351. The molecule has 0 aromatic carbocycles. The summed E-state index contributed by atoms with van der Waals surface area (Å²) in [5, 5.41) is 0. The second-order valence-electron chi connectivity index (χ2n) is 4.22. The monoisotopic (exact) mass is 261 g/mol. The lowest BCUT2D eigenvalue weighted by atomic mass is 10.2. The Morgan fingerprint density at radius 2 is 2.00 bits per heavy atom. The summed E-state index contributed by atoms with van der Waals surface area (Å²) in [6, 6.07) is 3.45. The van der Waals surface area contributed by atoms with Gasteiger partial charge in [-0.2, -0.15) is 13.2 Å². The van der Waals surface area contributed by atoms with Crippen LogP contribution in [0.4, 0.5) is 18.9 Å². The summed E-state index contributed by atoms with van der Waals surface area (Å²) in [4.78, 5) is 5.47. The summed E-state index contributed by atoms with van der Waals surface area (Å²) < 4.78 is 37.0. The Morgan fingerprint density at radius 3 is 2.50 bits per heavy atom. The van der Waals surface area contributed by atoms with Crippen molar-refractivity contribution < 1.29 is 13.2 Å². The van der Waals surface area contributed by atoms with Gasteiger partial charge in [0, 0.05) is 18.7 Å². The van der Waals surface area contributed by atoms with Crippen molar-refractivity contribution in [1.29, 1.82) is 0 Å². The number of rotatable bonds is 6. The highest BCUT2D eigenvalue weighted by Crippen LogP contribution is 2.17. The van der Waals surface area contributed by atoms with E-state index in [1.807, 2.05) is 6.92 Å². The van der Waals surface area contributed by atoms with Crippen LogP contribution in [-0.4, -0.2) is 35.7 Å². The third kappa shape index (κ3) is 5.86. The molecule has 2 N–H and O–H groups in total. The van der Waals surface area contributed by atoms with E-state index in [9.17, 15) is 13.2 Å². The molecule has 0 amide bonds. The van der Waals surface area contributed by atoms with Crippen molar-refractivity contribution in [3.8, 4) is 0 Å². The summed E-state index contributed by atoms with van der Waals surface area (Å²) in [6.07, 6.45) is -1.44. The highest BCUT2D eigenvalue weighted by Gasteiger charge is 2.30. The van der Waals surface area contributed by atoms with Crippen LogP contribution < -0.4 is 5.73 Å². The molecule has 0 atom stereocenters. The molecule has 0 radical (unpaired) electrons. The van der Waals surface area contributed by atoms with Crippen LogP contribution in [0, 0.1) is 0 Å². The number of anilines is 1. The van der Waals surface area contributed by atoms with Crippen molar-refractivity contribution in [1.82, 2.24) is 9.88 Å². The van der Waals surface area contributed by atoms with E-state index in [4.69, 9.17) is 5.73 Å². The quantitative estimate of drug-likeness (QED) is 0.855. The molecule has 0 fully saturated rings. The molecule has 0 aliphatic carbocycles. The van der Waals surface area contributed by atoms with Gasteiger partial charge in [0.25, 0.3) is 0 Å². The molecule has 0 spiro atoms. The first-order valence-electron chi connectivity index (χ1n) is 5.90. The van der Waals surface area contributed by atoms with Crippen LogP contribution in [0.1, 0.15) is 19.0 Å². The molecule has 0 saturated heterocycles. The summed E-state index contributed by atoms with van der Waals surface area (Å²) in [7, 11) is 0. The maximum absolute atomic E-state index is 12.3. The number of hydrogen-bond acceptors (Lipinski definition) is 3. The minimum atomic E-state index is -4.15. The minimum Gasteiger partial charge on any atom is -0.397 e. The average molecular weight is 261 g/mol. The molecule has 102 valence electrons. The largest absolute Gasteiger partial charge is 0.401 e. The van der Waals surface area contributed by atoms with E-state index in [0.717, 1.165) is 5.69 Å². The zero-order valence-corrected chi connectivity index (χ0v) is 10.4. The van der Waals surface area contributed by atoms with Gasteiger partial charge in [0.15, 0.2) is 0 Å². The van der Waals surface area contributed by atoms with Crippen LogP contribution >= 0.6 is 0 Å². The molecule has 3 nitrogen and oxygen atoms in total. The Hall–Kier alpha value is -1.30. The number of hydrogen-bond donors (Lipinski definition) is 1. The SMILES string of the molecule is CCCN(CCc1ccc(N)cn1)CC(F)(F)F. The van der Waals surface area contributed by atoms with Gasteiger partial charge in [0.2, 0.25) is 0 Å². The first-order valence-corrected chi connectivity index (χ1v) is 5.90. The first kappa shape index (κ1) is 14.8. The Kier molecular flexibility index (Phi) is 5.40. The highest BCUT2D eigenvalue weighted by atomic mass is 19.4. The number of pyridine rings is 1. The molecule has 1 rings (SSSR count). The predicted octanol–water partition coefficient (Wildman–Crippen LogP) is 2.48. The molecule has 0 aliphatic rings. The normalized spacial score (nSPS) is 12.1. The van der Waals surface area contributed by atoms with Crippen LogP contribution in [0.2, 0.25) is 0 Å². The topological polar surface area (TPSA) is 42.1 Å². The fourth-order valence-electron chi connectivity index (χ4n) is 1.70. The van der Waals surface area contributed by atoms with Crippen LogP contribution in [-0.2, 0) is 6.42 Å². The van der Waals surface area contributed by atoms with E-state index >= 15 is 0 Å². The lowest BCUT2D eigenvalue weighted by Crippen LogP contribution is -2.36. The van der Waals surface area contributed by atoms with Crippen molar-refractivity contribution in [2.75, 3.05) is 25.4 Å². The fraction of sp³-hybridized carbons (Fsp3) is 0.583. The van der Waals surface area contributed by atoms with Crippen molar-refractivity contribution in [2.24, 2.45) is 0 Å². The van der Waals surface area contributed by atoms with Gasteiger partial charge < -0.3 is 5.73 Å². The fourth-order valence-corrected chi connectivity index (χ4v) is 1.70. The molecule has 18 heavy (non-hydrogen) atoms. The molecule has 0 unspecified atom stereocenters. The number of halogens is 3. The number of nitrogen functional groups attached to an aromatic ring is 1. The zero-order valence-electron chi connectivity index (χ0n) is 10.4. The van der Waals surface area contributed by atoms with Gasteiger partial charge in [0.05, 0.1) is 18.4 Å². The van der Waals surface area contributed by atoms with Gasteiger partial charge in [-0.15, -0.1) is 0 Å². The van der Waals surface area contributed by atoms with Crippen molar-refractivity contribution in [3.63, 3.8) is 0 Å². The van der Waals surface area contributed by atoms with E-state index in [2.05, 4.69) is 4.98 Å². The molecule has 0 saturated carbocycles. The molecule has 1 aromatic rings. The molecule has 1 heterocycles. The van der Waals surface area contributed by atoms with Gasteiger partial charge >= 0.3 is 6.18 Å². The predicted molar refractivity (Wildman–Crippen MR) is 65.1 cm³/mol. The Morgan fingerprint density at radius 1 is 1.28 bits per heavy atom. The van der Waals surface area contributed by atoms with E-state index in [1.54, 1.807) is 12.1 Å². The van der Waals surface area contributed by atoms with Crippen LogP contribution in [0.25, 0.3) is 0 Å². The van der Waals surface area contributed by atoms with E-state index in [-0.39, 0.29) is 0 Å². The van der Waals surface area contributed by atoms with Gasteiger partial charge in [-0.3, -0.25) is 9.88 Å². The van der Waals surface area contributed by atoms with Crippen LogP contribution in [0.5, 0.6) is 0 Å². The van der Waals surface area contributed by atoms with Gasteiger partial charge in [-0.1, -0.05) is 6.92 Å². The maximum Gasteiger partial charge on any atom is 0.401 e. The van der Waals surface area contributed by atoms with Crippen LogP contribution in [0.15, 0.2) is 18.3 Å². The number of nitrogens with two attached hydrogens (primary N) is 1. The van der Waals surface area contributed by atoms with Gasteiger partial charge in [-0.05, 0) is 25.1 Å². The van der Waals surface area contributed by atoms with E-state index in [0.29, 0.717) is 31.6 Å². The van der Waals surface area contributed by atoms with Crippen molar-refractivity contribution >= 4 is 5.69 Å². The number of nitrogens with zero attached hydrogens (tertiary/aromatic N) is 2. The standard InChI is InChI=1S/C12H18F3N3/c1-2-6-18(9-12(13,14)15)7-5-11-4-3-10(16)8-17-11/h3-4,8H,2,5-7,9,16H2,1H3. The van der Waals surface area contributed by atoms with Crippen LogP contribution in [0.3, 0.4) is 0 Å². The average Bonchev–Trinajstić information content (AvgIpc) is 2.26. The van der Waals surface area contributed by atoms with Gasteiger partial charge in [-0.25, -0.2) is 0 Å². The number of aromatic nitrogens is 1. The summed E-state index contributed by atoms with van der Waals surface area (Å²) in [5.74, 6) is 0. The smallest absolute Gasteiger partial charge is 0.397 e. The van der Waals surface area contributed by atoms with Crippen molar-refractivity contribution in [2.45, 2.75) is 25.9 Å². The third-order valence-corrected chi connectivity index (χ3v) is 2.47. The second kappa shape index (κ2) is 6.58. The summed E-state index contributed by atoms with van der Waals surface area (Å²) in [6.45, 7) is 1.79. The Labute approximate surface area is 105 Å². The lowest BCUT2D eigenvalue weighted by molar-refractivity contribution is -0.145. The lowest BCUT2D eigenvalue weighted by Gasteiger charge is -2.22. The van der Waals surface area contributed by atoms with E-state index < -0.39 is 12.7 Å². The first-order chi connectivity index (χ1) is 8.40. The second-order valence-corrected chi connectivity index (χ2v) is 4.22. The summed E-state index contributed by atoms with van der Waals surface area (Å²) in [5.41, 5.74) is 6.80. The zero-order chi connectivity index (χ0) is 13.6. The molecule has 6 heteroatoms. The van der Waals surface area contributed by atoms with Crippen molar-refractivity contribution in [3.05, 3.63) is 24.0 Å². The van der Waals surface area contributed by atoms with E-state index in [1.165, 1.54) is 11.1 Å². The molecular formula is C12H18F3N3. The maximum atomic E-state index is 12.3. The summed E-state index contributed by atoms with van der Waals surface area (Å²) >= 11 is 0. The third-order valence-electron chi connectivity index (χ3n) is 2.47.